The van der Waals surface area contributed by atoms with Gasteiger partial charge in [-0.25, -0.2) is 9.78 Å². The molecule has 0 saturated carbocycles. The number of benzene rings is 1. The van der Waals surface area contributed by atoms with Crippen LogP contribution in [0.4, 0.5) is 10.1 Å². The van der Waals surface area contributed by atoms with Crippen LogP contribution in [0.5, 0.6) is 0 Å². The lowest BCUT2D eigenvalue weighted by molar-refractivity contribution is 0.0602. The molecule has 2 aromatic rings. The van der Waals surface area contributed by atoms with Crippen molar-refractivity contribution in [2.45, 2.75) is 0 Å². The molecule has 6 heteroatoms. The highest BCUT2D eigenvalue weighted by Crippen LogP contribution is 2.16. The Morgan fingerprint density at radius 3 is 2.60 bits per heavy atom. The van der Waals surface area contributed by atoms with E-state index < -0.39 is 17.8 Å². The van der Waals surface area contributed by atoms with Crippen molar-refractivity contribution in [3.05, 3.63) is 59.7 Å². The van der Waals surface area contributed by atoms with Gasteiger partial charge in [0, 0.05) is 0 Å². The lowest BCUT2D eigenvalue weighted by Crippen LogP contribution is -2.16. The van der Waals surface area contributed by atoms with Crippen LogP contribution in [0, 0.1) is 5.95 Å². The second-order valence-electron chi connectivity index (χ2n) is 3.84. The normalized spacial score (nSPS) is 9.90. The van der Waals surface area contributed by atoms with Crippen molar-refractivity contribution in [3.63, 3.8) is 0 Å². The van der Waals surface area contributed by atoms with Crippen LogP contribution in [0.25, 0.3) is 0 Å². The first-order chi connectivity index (χ1) is 9.61. The van der Waals surface area contributed by atoms with Gasteiger partial charge in [0.2, 0.25) is 5.95 Å². The Bertz CT molecular complexity index is 658. The number of para-hydroxylation sites is 1. The average Bonchev–Trinajstić information content (AvgIpc) is 2.47. The Kier molecular flexibility index (Phi) is 4.05. The molecule has 1 amide bonds. The molecule has 102 valence electrons. The number of nitrogens with zero attached hydrogens (tertiary/aromatic N) is 1. The van der Waals surface area contributed by atoms with Crippen LogP contribution in [0.3, 0.4) is 0 Å². The molecule has 2 rings (SSSR count). The number of hydrogen-bond donors (Lipinski definition) is 1. The van der Waals surface area contributed by atoms with Crippen molar-refractivity contribution in [1.82, 2.24) is 4.98 Å². The summed E-state index contributed by atoms with van der Waals surface area (Å²) in [5, 5.41) is 2.50. The van der Waals surface area contributed by atoms with E-state index in [1.54, 1.807) is 18.2 Å². The number of nitrogens with one attached hydrogen (secondary N) is 1. The number of anilines is 1. The van der Waals surface area contributed by atoms with Gasteiger partial charge in [-0.1, -0.05) is 18.2 Å². The van der Waals surface area contributed by atoms with Crippen molar-refractivity contribution in [3.8, 4) is 0 Å². The van der Waals surface area contributed by atoms with Crippen LogP contribution in [-0.2, 0) is 4.74 Å². The fourth-order valence-corrected chi connectivity index (χ4v) is 1.60. The van der Waals surface area contributed by atoms with Crippen LogP contribution >= 0.6 is 0 Å². The first-order valence-corrected chi connectivity index (χ1v) is 5.73. The molecule has 0 aliphatic heterocycles. The monoisotopic (exact) mass is 274 g/mol. The molecule has 0 aliphatic rings. The number of esters is 1. The molecule has 0 unspecified atom stereocenters. The lowest BCUT2D eigenvalue weighted by atomic mass is 10.1. The van der Waals surface area contributed by atoms with E-state index in [0.717, 1.165) is 6.07 Å². The topological polar surface area (TPSA) is 68.3 Å². The highest BCUT2D eigenvalue weighted by Gasteiger charge is 2.15. The number of carbonyl (C=O) groups excluding carboxylic acids is 2. The molecule has 0 radical (unpaired) electrons. The third-order valence-electron chi connectivity index (χ3n) is 2.53. The van der Waals surface area contributed by atoms with Gasteiger partial charge in [0.1, 0.15) is 5.69 Å². The fraction of sp³-hybridized carbons (Fsp3) is 0.0714. The molecule has 1 N–H and O–H groups in total. The third-order valence-corrected chi connectivity index (χ3v) is 2.53. The smallest absolute Gasteiger partial charge is 0.339 e. The standard InChI is InChI=1S/C14H11FN2O3/c1-20-14(19)9-5-2-3-6-10(9)17-13(18)11-7-4-8-12(15)16-11/h2-8H,1H3,(H,17,18). The molecule has 20 heavy (non-hydrogen) atoms. The van der Waals surface area contributed by atoms with E-state index in [4.69, 9.17) is 0 Å². The Balaban J connectivity index is 2.26. The van der Waals surface area contributed by atoms with Crippen molar-refractivity contribution in [2.75, 3.05) is 12.4 Å². The molecule has 0 fully saturated rings. The fourth-order valence-electron chi connectivity index (χ4n) is 1.60. The van der Waals surface area contributed by atoms with E-state index in [1.165, 1.54) is 25.3 Å². The van der Waals surface area contributed by atoms with Gasteiger partial charge in [-0.15, -0.1) is 0 Å². The summed E-state index contributed by atoms with van der Waals surface area (Å²) in [6.45, 7) is 0. The number of amides is 1. The molecule has 0 bridgehead atoms. The Morgan fingerprint density at radius 2 is 1.90 bits per heavy atom. The number of ether oxygens (including phenoxy) is 1. The number of pyridine rings is 1. The van der Waals surface area contributed by atoms with Gasteiger partial charge in [-0.3, -0.25) is 4.79 Å². The molecular formula is C14H11FN2O3. The maximum absolute atomic E-state index is 13.0. The first kappa shape index (κ1) is 13.7. The number of carbonyl (C=O) groups is 2. The molecule has 5 nitrogen and oxygen atoms in total. The summed E-state index contributed by atoms with van der Waals surface area (Å²) < 4.78 is 17.6. The molecule has 0 atom stereocenters. The predicted molar refractivity (Wildman–Crippen MR) is 69.9 cm³/mol. The largest absolute Gasteiger partial charge is 0.465 e. The number of hydrogen-bond acceptors (Lipinski definition) is 4. The second kappa shape index (κ2) is 5.92. The highest BCUT2D eigenvalue weighted by atomic mass is 19.1. The zero-order valence-electron chi connectivity index (χ0n) is 10.6. The minimum atomic E-state index is -0.751. The van der Waals surface area contributed by atoms with Crippen molar-refractivity contribution < 1.29 is 18.7 Å². The summed E-state index contributed by atoms with van der Waals surface area (Å²) in [5.74, 6) is -1.94. The van der Waals surface area contributed by atoms with E-state index in [0.29, 0.717) is 0 Å². The van der Waals surface area contributed by atoms with Crippen molar-refractivity contribution >= 4 is 17.6 Å². The third kappa shape index (κ3) is 2.97. The zero-order valence-corrected chi connectivity index (χ0v) is 10.6. The summed E-state index contributed by atoms with van der Waals surface area (Å²) in [5.41, 5.74) is 0.403. The van der Waals surface area contributed by atoms with E-state index >= 15 is 0 Å². The molecule has 1 aromatic carbocycles. The Labute approximate surface area is 114 Å². The molecule has 0 spiro atoms. The maximum atomic E-state index is 13.0. The van der Waals surface area contributed by atoms with Crippen LogP contribution in [-0.4, -0.2) is 24.0 Å². The lowest BCUT2D eigenvalue weighted by Gasteiger charge is -2.09. The van der Waals surface area contributed by atoms with Crippen molar-refractivity contribution in [1.29, 1.82) is 0 Å². The zero-order chi connectivity index (χ0) is 14.5. The second-order valence-corrected chi connectivity index (χ2v) is 3.84. The molecule has 0 saturated heterocycles. The maximum Gasteiger partial charge on any atom is 0.339 e. The summed E-state index contributed by atoms with van der Waals surface area (Å²) in [7, 11) is 1.25. The molecule has 1 heterocycles. The van der Waals surface area contributed by atoms with Gasteiger partial charge >= 0.3 is 5.97 Å². The molecule has 0 aliphatic carbocycles. The van der Waals surface area contributed by atoms with Gasteiger partial charge in [0.05, 0.1) is 18.4 Å². The van der Waals surface area contributed by atoms with Crippen LogP contribution in [0.2, 0.25) is 0 Å². The SMILES string of the molecule is COC(=O)c1ccccc1NC(=O)c1cccc(F)n1. The van der Waals surface area contributed by atoms with Crippen molar-refractivity contribution in [2.24, 2.45) is 0 Å². The minimum absolute atomic E-state index is 0.0790. The minimum Gasteiger partial charge on any atom is -0.465 e. The highest BCUT2D eigenvalue weighted by molar-refractivity contribution is 6.07. The van der Waals surface area contributed by atoms with Gasteiger partial charge in [0.15, 0.2) is 0 Å². The van der Waals surface area contributed by atoms with E-state index in [-0.39, 0.29) is 16.9 Å². The number of halogens is 1. The summed E-state index contributed by atoms with van der Waals surface area (Å²) >= 11 is 0. The van der Waals surface area contributed by atoms with Crippen LogP contribution < -0.4 is 5.32 Å². The first-order valence-electron chi connectivity index (χ1n) is 5.73. The van der Waals surface area contributed by atoms with Gasteiger partial charge < -0.3 is 10.1 Å². The van der Waals surface area contributed by atoms with E-state index in [1.807, 2.05) is 0 Å². The summed E-state index contributed by atoms with van der Waals surface area (Å²) in [6, 6.07) is 10.2. The van der Waals surface area contributed by atoms with E-state index in [9.17, 15) is 14.0 Å². The Hall–Kier alpha value is -2.76. The van der Waals surface area contributed by atoms with Gasteiger partial charge in [-0.05, 0) is 24.3 Å². The Morgan fingerprint density at radius 1 is 1.15 bits per heavy atom. The molecule has 1 aromatic heterocycles. The summed E-state index contributed by atoms with van der Waals surface area (Å²) in [4.78, 5) is 27.0. The van der Waals surface area contributed by atoms with Gasteiger partial charge in [-0.2, -0.15) is 4.39 Å². The quantitative estimate of drug-likeness (QED) is 0.688. The summed E-state index contributed by atoms with van der Waals surface area (Å²) in [6.07, 6.45) is 0. The van der Waals surface area contributed by atoms with Crippen LogP contribution in [0.1, 0.15) is 20.8 Å². The number of aromatic nitrogens is 1. The molecular weight excluding hydrogens is 263 g/mol. The number of rotatable bonds is 3. The van der Waals surface area contributed by atoms with Gasteiger partial charge in [0.25, 0.3) is 5.91 Å². The van der Waals surface area contributed by atoms with Crippen LogP contribution in [0.15, 0.2) is 42.5 Å². The average molecular weight is 274 g/mol. The van der Waals surface area contributed by atoms with E-state index in [2.05, 4.69) is 15.0 Å². The predicted octanol–water partition coefficient (Wildman–Crippen LogP) is 2.26. The number of methoxy groups -OCH3 is 1.